The van der Waals surface area contributed by atoms with Gasteiger partial charge >= 0.3 is 0 Å². The first kappa shape index (κ1) is 47.6. The molecule has 1 spiro atoms. The van der Waals surface area contributed by atoms with Gasteiger partial charge in [0, 0.05) is 67.7 Å². The zero-order valence-electron chi connectivity index (χ0n) is 41.2. The maximum Gasteiger partial charge on any atom is 0.268 e. The van der Waals surface area contributed by atoms with Crippen LogP contribution in [0.25, 0.3) is 11.0 Å². The number of amides is 1. The van der Waals surface area contributed by atoms with E-state index in [2.05, 4.69) is 73.0 Å². The summed E-state index contributed by atoms with van der Waals surface area (Å²) in [7, 11) is -2.57. The highest BCUT2D eigenvalue weighted by molar-refractivity contribution is 7.90. The summed E-state index contributed by atoms with van der Waals surface area (Å²) in [4.78, 5) is 41.5. The van der Waals surface area contributed by atoms with Gasteiger partial charge in [-0.2, -0.15) is 4.98 Å². The SMILES string of the molecule is CC(C)c1ccccc1[C@H]1CCCN1C1CC2(CCN(c3ccc(C(=O)NS(=O)(=O)c4cc(N=O)c5c(c4)OCC([C@H]4CC[C@](C)(O)CC4)N5)c(Oc4cc5cc[nH]c5nc4OC4CN(C)C4)c3)CC2)C1. The van der Waals surface area contributed by atoms with Crippen LogP contribution in [0.5, 0.6) is 23.1 Å². The highest BCUT2D eigenvalue weighted by Gasteiger charge is 2.50. The minimum Gasteiger partial charge on any atom is -0.489 e. The van der Waals surface area contributed by atoms with Gasteiger partial charge in [0.1, 0.15) is 41.2 Å². The van der Waals surface area contributed by atoms with E-state index in [0.29, 0.717) is 55.3 Å². The number of likely N-dealkylation sites (tertiary alicyclic amines) is 2. The molecule has 376 valence electrons. The van der Waals surface area contributed by atoms with Crippen molar-refractivity contribution < 1.29 is 32.5 Å². The number of ether oxygens (including phenoxy) is 3. The Hall–Kier alpha value is -5.75. The van der Waals surface area contributed by atoms with Crippen molar-refractivity contribution >= 4 is 44.0 Å². The van der Waals surface area contributed by atoms with E-state index in [4.69, 9.17) is 19.2 Å². The maximum absolute atomic E-state index is 14.4. The van der Waals surface area contributed by atoms with Crippen LogP contribution < -0.4 is 29.1 Å². The number of sulfonamides is 1. The van der Waals surface area contributed by atoms with Crippen LogP contribution in [0.15, 0.2) is 83.0 Å². The third-order valence-corrected chi connectivity index (χ3v) is 17.9. The topological polar surface area (TPSA) is 191 Å². The number of benzene rings is 3. The molecule has 0 bridgehead atoms. The van der Waals surface area contributed by atoms with E-state index < -0.39 is 21.5 Å². The Morgan fingerprint density at radius 3 is 2.49 bits per heavy atom. The summed E-state index contributed by atoms with van der Waals surface area (Å²) >= 11 is 0. The fourth-order valence-electron chi connectivity index (χ4n) is 12.4. The van der Waals surface area contributed by atoms with Crippen molar-refractivity contribution in [1.29, 1.82) is 0 Å². The van der Waals surface area contributed by atoms with Crippen molar-refractivity contribution in [3.8, 4) is 23.1 Å². The summed E-state index contributed by atoms with van der Waals surface area (Å²) in [5.41, 5.74) is 4.14. The monoisotopic (exact) mass is 986 g/mol. The number of aliphatic hydroxyl groups is 1. The molecule has 3 aromatic carbocycles. The van der Waals surface area contributed by atoms with E-state index in [-0.39, 0.29) is 69.4 Å². The van der Waals surface area contributed by atoms with Gasteiger partial charge in [-0.3, -0.25) is 14.6 Å². The van der Waals surface area contributed by atoms with Gasteiger partial charge in [-0.15, -0.1) is 4.91 Å². The predicted octanol–water partition coefficient (Wildman–Crippen LogP) is 9.39. The Balaban J connectivity index is 0.834. The van der Waals surface area contributed by atoms with Crippen LogP contribution in [0.3, 0.4) is 0 Å². The summed E-state index contributed by atoms with van der Waals surface area (Å²) in [6, 6.07) is 21.3. The van der Waals surface area contributed by atoms with E-state index in [9.17, 15) is 23.2 Å². The summed E-state index contributed by atoms with van der Waals surface area (Å²) < 4.78 is 49.7. The molecule has 17 heteroatoms. The fraction of sp³-hybridized carbons (Fsp3) is 0.519. The maximum atomic E-state index is 14.4. The molecule has 2 atom stereocenters. The third kappa shape index (κ3) is 9.46. The Bertz CT molecular complexity index is 2930. The second-order valence-electron chi connectivity index (χ2n) is 21.9. The average molecular weight is 987 g/mol. The molecule has 0 radical (unpaired) electrons. The molecule has 3 saturated heterocycles. The van der Waals surface area contributed by atoms with E-state index in [1.165, 1.54) is 42.9 Å². The van der Waals surface area contributed by atoms with Gasteiger partial charge in [0.25, 0.3) is 21.8 Å². The summed E-state index contributed by atoms with van der Waals surface area (Å²) in [6.07, 6.45) is 11.4. The van der Waals surface area contributed by atoms with E-state index >= 15 is 0 Å². The van der Waals surface area contributed by atoms with E-state index in [1.807, 2.05) is 38.2 Å². The first-order valence-corrected chi connectivity index (χ1v) is 27.1. The summed E-state index contributed by atoms with van der Waals surface area (Å²) in [5, 5.41) is 17.8. The predicted molar refractivity (Wildman–Crippen MR) is 273 cm³/mol. The molecular weight excluding hydrogens is 921 g/mol. The largest absolute Gasteiger partial charge is 0.489 e. The zero-order chi connectivity index (χ0) is 49.2. The van der Waals surface area contributed by atoms with Gasteiger partial charge in [-0.1, -0.05) is 38.1 Å². The van der Waals surface area contributed by atoms with Gasteiger partial charge in [0.05, 0.1) is 22.1 Å². The molecule has 2 saturated carbocycles. The number of fused-ring (bicyclic) bond motifs is 2. The number of carbonyl (C=O) groups excluding carboxylic acids is 1. The van der Waals surface area contributed by atoms with Crippen molar-refractivity contribution in [2.24, 2.45) is 16.5 Å². The van der Waals surface area contributed by atoms with Crippen molar-refractivity contribution in [2.75, 3.05) is 56.6 Å². The zero-order valence-corrected chi connectivity index (χ0v) is 42.0. The first-order valence-electron chi connectivity index (χ1n) is 25.6. The molecule has 1 amide bonds. The smallest absolute Gasteiger partial charge is 0.268 e. The van der Waals surface area contributed by atoms with Crippen LogP contribution >= 0.6 is 0 Å². The van der Waals surface area contributed by atoms with E-state index in [1.54, 1.807) is 12.3 Å². The lowest BCUT2D eigenvalue weighted by Gasteiger charge is -2.56. The summed E-state index contributed by atoms with van der Waals surface area (Å²) in [5.74, 6) is 0.571. The standard InChI is InChI=1S/C54H66N8O8S/c1-33(2)40-8-5-6-9-41(40)45-10-7-21-62(45)37-28-54(29-37)18-22-61(23-19-54)36-11-12-42(46(25-36)70-48-24-35-15-20-55-50(35)57-52(48)69-38-30-60(4)31-38)51(63)59-71(66,67)39-26-43(58-65)49-47(27-39)68-32-44(56-49)34-13-16-53(3,64)17-14-34/h5-6,8-9,11-12,15,20,24-27,33-34,37-38,44-45,56,64H,7,10,13-14,16-19,21-23,28-32H2,1-4H3,(H,55,57)(H,59,63)/t34-,44?,45-,53-/m1/s1. The lowest BCUT2D eigenvalue weighted by atomic mass is 9.59. The molecule has 6 heterocycles. The number of anilines is 2. The average Bonchev–Trinajstić information content (AvgIpc) is 4.02. The van der Waals surface area contributed by atoms with Gasteiger partial charge in [-0.25, -0.2) is 13.1 Å². The van der Waals surface area contributed by atoms with Gasteiger partial charge in [0.2, 0.25) is 0 Å². The molecule has 5 aromatic rings. The number of aromatic amines is 1. The lowest BCUT2D eigenvalue weighted by Crippen LogP contribution is -2.55. The molecule has 4 N–H and O–H groups in total. The van der Waals surface area contributed by atoms with Crippen LogP contribution in [0.2, 0.25) is 0 Å². The minimum absolute atomic E-state index is 0.0192. The Labute approximate surface area is 415 Å². The summed E-state index contributed by atoms with van der Waals surface area (Å²) in [6.45, 7) is 10.9. The van der Waals surface area contributed by atoms with Crippen molar-refractivity contribution in [1.82, 2.24) is 24.5 Å². The molecule has 6 aliphatic rings. The second kappa shape index (κ2) is 18.7. The number of nitrogens with zero attached hydrogens (tertiary/aromatic N) is 5. The number of hydrogen-bond acceptors (Lipinski definition) is 14. The number of hydrogen-bond donors (Lipinski definition) is 4. The molecular formula is C54H66N8O8S. The normalized spacial score (nSPS) is 25.0. The molecule has 2 aliphatic carbocycles. The molecule has 1 unspecified atom stereocenters. The number of pyridine rings is 1. The van der Waals surface area contributed by atoms with Gasteiger partial charge in [-0.05, 0) is 149 Å². The van der Waals surface area contributed by atoms with Crippen LogP contribution in [0.1, 0.15) is 118 Å². The second-order valence-corrected chi connectivity index (χ2v) is 23.6. The highest BCUT2D eigenvalue weighted by atomic mass is 32.2. The van der Waals surface area contributed by atoms with Gasteiger partial charge < -0.3 is 34.5 Å². The number of aromatic nitrogens is 2. The quantitative estimate of drug-likeness (QED) is 0.0817. The Morgan fingerprint density at radius 2 is 1.75 bits per heavy atom. The number of H-pyrrole nitrogens is 1. The number of piperidine rings is 1. The van der Waals surface area contributed by atoms with Crippen LogP contribution in [-0.2, 0) is 10.0 Å². The Morgan fingerprint density at radius 1 is 0.972 bits per heavy atom. The molecule has 4 aliphatic heterocycles. The number of likely N-dealkylation sites (N-methyl/N-ethyl adjacent to an activating group) is 1. The molecule has 16 nitrogen and oxygen atoms in total. The first-order chi connectivity index (χ1) is 34.1. The highest BCUT2D eigenvalue weighted by Crippen LogP contribution is 2.54. The fourth-order valence-corrected chi connectivity index (χ4v) is 13.4. The molecule has 2 aromatic heterocycles. The Kier molecular flexibility index (Phi) is 12.5. The molecule has 5 fully saturated rings. The van der Waals surface area contributed by atoms with Gasteiger partial charge in [0.15, 0.2) is 5.75 Å². The van der Waals surface area contributed by atoms with Crippen LogP contribution in [0, 0.1) is 16.2 Å². The number of nitrogens with one attached hydrogen (secondary N) is 3. The number of carbonyl (C=O) groups is 1. The molecule has 71 heavy (non-hydrogen) atoms. The van der Waals surface area contributed by atoms with E-state index in [0.717, 1.165) is 62.5 Å². The molecule has 11 rings (SSSR count). The van der Waals surface area contributed by atoms with Crippen LogP contribution in [0.4, 0.5) is 17.1 Å². The van der Waals surface area contributed by atoms with Crippen molar-refractivity contribution in [3.63, 3.8) is 0 Å². The van der Waals surface area contributed by atoms with Crippen LogP contribution in [-0.4, -0.2) is 109 Å². The minimum atomic E-state index is -4.58. The number of nitroso groups, excluding NO2 is 1. The number of rotatable bonds is 13. The third-order valence-electron chi connectivity index (χ3n) is 16.6. The van der Waals surface area contributed by atoms with Crippen molar-refractivity contribution in [2.45, 2.75) is 126 Å². The van der Waals surface area contributed by atoms with Crippen molar-refractivity contribution in [3.05, 3.63) is 94.5 Å². The lowest BCUT2D eigenvalue weighted by molar-refractivity contribution is -0.0227.